The molecule has 44 heavy (non-hydrogen) atoms. The molecule has 9 nitrogen and oxygen atoms in total. The molecule has 4 heterocycles. The van der Waals surface area contributed by atoms with Gasteiger partial charge in [0.05, 0.1) is 31.0 Å². The van der Waals surface area contributed by atoms with E-state index in [1.807, 2.05) is 12.1 Å². The first-order chi connectivity index (χ1) is 21.2. The summed E-state index contributed by atoms with van der Waals surface area (Å²) in [5.74, 6) is 0.0555. The number of alkyl halides is 3. The van der Waals surface area contributed by atoms with E-state index in [-0.39, 0.29) is 12.2 Å². The van der Waals surface area contributed by atoms with Crippen molar-refractivity contribution in [3.05, 3.63) is 65.7 Å². The summed E-state index contributed by atoms with van der Waals surface area (Å²) in [6.07, 6.45) is -0.928. The number of hydroxylamine groups is 1. The number of nitrogens with zero attached hydrogens (tertiary/aromatic N) is 6. The van der Waals surface area contributed by atoms with Crippen LogP contribution in [0.1, 0.15) is 36.4 Å². The highest BCUT2D eigenvalue weighted by atomic mass is 19.4. The Hall–Kier alpha value is -3.68. The number of anilines is 4. The number of hydrogen-bond acceptors (Lipinski definition) is 9. The Labute approximate surface area is 254 Å². The van der Waals surface area contributed by atoms with Gasteiger partial charge in [-0.05, 0) is 38.1 Å². The Morgan fingerprint density at radius 2 is 1.73 bits per heavy atom. The van der Waals surface area contributed by atoms with E-state index >= 15 is 0 Å². The zero-order valence-electron chi connectivity index (χ0n) is 24.9. The Balaban J connectivity index is 1.14. The Kier molecular flexibility index (Phi) is 8.79. The molecule has 2 aromatic carbocycles. The van der Waals surface area contributed by atoms with Crippen LogP contribution >= 0.6 is 0 Å². The van der Waals surface area contributed by atoms with Crippen LogP contribution in [0.5, 0.6) is 5.75 Å². The van der Waals surface area contributed by atoms with Crippen molar-refractivity contribution in [2.45, 2.75) is 37.5 Å². The predicted octanol–water partition coefficient (Wildman–Crippen LogP) is 5.49. The minimum Gasteiger partial charge on any atom is -0.494 e. The molecule has 1 atom stereocenters. The van der Waals surface area contributed by atoms with Crippen LogP contribution in [0, 0.1) is 5.82 Å². The van der Waals surface area contributed by atoms with Crippen molar-refractivity contribution in [3.63, 3.8) is 0 Å². The van der Waals surface area contributed by atoms with Gasteiger partial charge in [-0.1, -0.05) is 12.1 Å². The van der Waals surface area contributed by atoms with Crippen LogP contribution in [0.25, 0.3) is 0 Å². The molecule has 0 radical (unpaired) electrons. The number of piperidine rings is 1. The van der Waals surface area contributed by atoms with Crippen molar-refractivity contribution in [1.29, 1.82) is 0 Å². The SMILES string of the molecule is COc1cc(N2CCC(N3CCN(C)CC3)CC2)ccc1Nc1cc(N2OCCC2c2cccc(C(F)(F)F)c2F)ncn1. The summed E-state index contributed by atoms with van der Waals surface area (Å²) in [6, 6.07) is 10.7. The third-order valence-electron chi connectivity index (χ3n) is 8.81. The molecule has 1 N–H and O–H groups in total. The standard InChI is InChI=1S/C31H37F4N7O2/c1-39-13-15-41(16-14-39)21-8-11-40(12-9-21)22-6-7-25(27(18-22)43-2)38-28-19-29(37-20-36-28)42-26(10-17-44-42)23-4-3-5-24(30(23)32)31(33,34)35/h3-7,18-21,26H,8-17H2,1-2H3,(H,36,37,38). The third kappa shape index (κ3) is 6.40. The van der Waals surface area contributed by atoms with E-state index in [4.69, 9.17) is 9.57 Å². The molecule has 3 aliphatic rings. The number of benzene rings is 2. The number of aromatic nitrogens is 2. The van der Waals surface area contributed by atoms with E-state index in [0.717, 1.165) is 63.9 Å². The Morgan fingerprint density at radius 1 is 0.955 bits per heavy atom. The van der Waals surface area contributed by atoms with Gasteiger partial charge >= 0.3 is 6.18 Å². The maximum atomic E-state index is 15.0. The van der Waals surface area contributed by atoms with E-state index < -0.39 is 23.6 Å². The number of hydrogen-bond donors (Lipinski definition) is 1. The maximum Gasteiger partial charge on any atom is 0.419 e. The number of ether oxygens (including phenoxy) is 1. The van der Waals surface area contributed by atoms with Crippen LogP contribution < -0.4 is 20.0 Å². The second-order valence-electron chi connectivity index (χ2n) is 11.5. The number of halogens is 4. The monoisotopic (exact) mass is 615 g/mol. The van der Waals surface area contributed by atoms with E-state index in [9.17, 15) is 17.6 Å². The first-order valence-corrected chi connectivity index (χ1v) is 14.9. The van der Waals surface area contributed by atoms with Crippen LogP contribution in [-0.4, -0.2) is 85.8 Å². The molecule has 0 spiro atoms. The van der Waals surface area contributed by atoms with E-state index in [2.05, 4.69) is 43.1 Å². The van der Waals surface area contributed by atoms with Crippen molar-refractivity contribution in [1.82, 2.24) is 19.8 Å². The first kappa shape index (κ1) is 30.4. The molecule has 3 aliphatic heterocycles. The molecule has 13 heteroatoms. The molecule has 0 bridgehead atoms. The van der Waals surface area contributed by atoms with Gasteiger partial charge in [-0.15, -0.1) is 0 Å². The average molecular weight is 616 g/mol. The highest BCUT2D eigenvalue weighted by Gasteiger charge is 2.38. The molecule has 1 unspecified atom stereocenters. The number of methoxy groups -OCH3 is 1. The number of piperazine rings is 1. The van der Waals surface area contributed by atoms with Gasteiger partial charge in [-0.3, -0.25) is 9.74 Å². The molecule has 236 valence electrons. The van der Waals surface area contributed by atoms with Crippen molar-refractivity contribution in [3.8, 4) is 5.75 Å². The second kappa shape index (κ2) is 12.7. The molecule has 6 rings (SSSR count). The number of nitrogens with one attached hydrogen (secondary N) is 1. The summed E-state index contributed by atoms with van der Waals surface area (Å²) in [5.41, 5.74) is 0.372. The molecule has 0 amide bonds. The Bertz CT molecular complexity index is 1440. The summed E-state index contributed by atoms with van der Waals surface area (Å²) in [7, 11) is 3.79. The van der Waals surface area contributed by atoms with Crippen LogP contribution in [0.4, 0.5) is 40.6 Å². The van der Waals surface area contributed by atoms with Gasteiger partial charge in [0, 0.05) is 75.1 Å². The number of rotatable bonds is 7. The van der Waals surface area contributed by atoms with E-state index in [1.54, 1.807) is 13.2 Å². The van der Waals surface area contributed by atoms with Crippen molar-refractivity contribution < 1.29 is 27.1 Å². The molecule has 3 fully saturated rings. The average Bonchev–Trinajstić information content (AvgIpc) is 3.51. The highest BCUT2D eigenvalue weighted by molar-refractivity contribution is 5.70. The quantitative estimate of drug-likeness (QED) is 0.348. The summed E-state index contributed by atoms with van der Waals surface area (Å²) in [4.78, 5) is 21.7. The molecule has 1 aromatic heterocycles. The first-order valence-electron chi connectivity index (χ1n) is 14.9. The lowest BCUT2D eigenvalue weighted by molar-refractivity contribution is -0.140. The van der Waals surface area contributed by atoms with Crippen LogP contribution in [0.15, 0.2) is 48.8 Å². The molecule has 0 aliphatic carbocycles. The van der Waals surface area contributed by atoms with Gasteiger partial charge in [0.25, 0.3) is 0 Å². The fraction of sp³-hybridized carbons (Fsp3) is 0.484. The van der Waals surface area contributed by atoms with Crippen LogP contribution in [0.2, 0.25) is 0 Å². The van der Waals surface area contributed by atoms with Crippen molar-refractivity contribution >= 4 is 23.0 Å². The smallest absolute Gasteiger partial charge is 0.419 e. The number of likely N-dealkylation sites (N-methyl/N-ethyl adjacent to an activating group) is 1. The molecule has 0 saturated carbocycles. The molecule has 3 saturated heterocycles. The van der Waals surface area contributed by atoms with Gasteiger partial charge < -0.3 is 19.9 Å². The van der Waals surface area contributed by atoms with Crippen LogP contribution in [0.3, 0.4) is 0 Å². The third-order valence-corrected chi connectivity index (χ3v) is 8.81. The normalized spacial score (nSPS) is 20.7. The lowest BCUT2D eigenvalue weighted by Crippen LogP contribution is -2.52. The lowest BCUT2D eigenvalue weighted by atomic mass is 10.0. The zero-order chi connectivity index (χ0) is 30.8. The molecule has 3 aromatic rings. The van der Waals surface area contributed by atoms with Gasteiger partial charge in [-0.25, -0.2) is 19.4 Å². The zero-order valence-corrected chi connectivity index (χ0v) is 24.9. The minimum atomic E-state index is -4.80. The topological polar surface area (TPSA) is 69.2 Å². The van der Waals surface area contributed by atoms with Crippen molar-refractivity contribution in [2.24, 2.45) is 0 Å². The van der Waals surface area contributed by atoms with Crippen molar-refractivity contribution in [2.75, 3.05) is 75.3 Å². The van der Waals surface area contributed by atoms with Gasteiger partial charge in [0.1, 0.15) is 23.7 Å². The minimum absolute atomic E-state index is 0.102. The fourth-order valence-corrected chi connectivity index (χ4v) is 6.33. The largest absolute Gasteiger partial charge is 0.494 e. The summed E-state index contributed by atoms with van der Waals surface area (Å²) < 4.78 is 60.8. The summed E-state index contributed by atoms with van der Waals surface area (Å²) >= 11 is 0. The van der Waals surface area contributed by atoms with E-state index in [1.165, 1.54) is 23.5 Å². The summed E-state index contributed by atoms with van der Waals surface area (Å²) in [6.45, 7) is 6.67. The van der Waals surface area contributed by atoms with Gasteiger partial charge in [0.15, 0.2) is 5.82 Å². The Morgan fingerprint density at radius 3 is 2.45 bits per heavy atom. The summed E-state index contributed by atoms with van der Waals surface area (Å²) in [5, 5.41) is 4.60. The fourth-order valence-electron chi connectivity index (χ4n) is 6.33. The van der Waals surface area contributed by atoms with E-state index in [0.29, 0.717) is 35.5 Å². The molecular weight excluding hydrogens is 578 g/mol. The van der Waals surface area contributed by atoms with Gasteiger partial charge in [-0.2, -0.15) is 13.2 Å². The lowest BCUT2D eigenvalue weighted by Gasteiger charge is -2.42. The molecular formula is C31H37F4N7O2. The predicted molar refractivity (Wildman–Crippen MR) is 160 cm³/mol. The van der Waals surface area contributed by atoms with Crippen LogP contribution in [-0.2, 0) is 11.0 Å². The van der Waals surface area contributed by atoms with Gasteiger partial charge in [0.2, 0.25) is 0 Å². The maximum absolute atomic E-state index is 15.0. The highest BCUT2D eigenvalue weighted by Crippen LogP contribution is 2.40. The second-order valence-corrected chi connectivity index (χ2v) is 11.5.